The fourth-order valence-corrected chi connectivity index (χ4v) is 4.63. The maximum Gasteiger partial charge on any atom is 0.262 e. The Morgan fingerprint density at radius 1 is 1.07 bits per heavy atom. The number of aliphatic hydroxyl groups is 1. The van der Waals surface area contributed by atoms with Crippen molar-refractivity contribution in [3.05, 3.63) is 48.0 Å². The fraction of sp³-hybridized carbons (Fsp3) is 0.381. The Balaban J connectivity index is 1.53. The number of fused-ring (bicyclic) bond motifs is 1. The third kappa shape index (κ3) is 4.52. The molecule has 0 aliphatic carbocycles. The number of ether oxygens (including phenoxy) is 2. The number of anilines is 1. The smallest absolute Gasteiger partial charge is 0.262 e. The van der Waals surface area contributed by atoms with Crippen molar-refractivity contribution in [1.82, 2.24) is 4.90 Å². The van der Waals surface area contributed by atoms with Gasteiger partial charge in [0.1, 0.15) is 0 Å². The molecule has 0 saturated carbocycles. The summed E-state index contributed by atoms with van der Waals surface area (Å²) in [6.07, 6.45) is 1.62. The molecule has 2 aromatic carbocycles. The third-order valence-electron chi connectivity index (χ3n) is 5.07. The molecule has 8 nitrogen and oxygen atoms in total. The van der Waals surface area contributed by atoms with Crippen molar-refractivity contribution in [2.24, 2.45) is 0 Å². The van der Waals surface area contributed by atoms with Crippen LogP contribution in [0.15, 0.2) is 47.4 Å². The molecule has 1 amide bonds. The highest BCUT2D eigenvalue weighted by atomic mass is 32.2. The Morgan fingerprint density at radius 2 is 1.87 bits per heavy atom. The fourth-order valence-electron chi connectivity index (χ4n) is 3.56. The first-order valence-corrected chi connectivity index (χ1v) is 11.4. The predicted molar refractivity (Wildman–Crippen MR) is 110 cm³/mol. The number of rotatable bonds is 4. The van der Waals surface area contributed by atoms with Crippen molar-refractivity contribution >= 4 is 21.6 Å². The molecule has 0 bridgehead atoms. The van der Waals surface area contributed by atoms with Crippen LogP contribution in [0.25, 0.3) is 0 Å². The van der Waals surface area contributed by atoms with E-state index in [4.69, 9.17) is 9.47 Å². The summed E-state index contributed by atoms with van der Waals surface area (Å²) in [5.74, 6) is 0.677. The van der Waals surface area contributed by atoms with Gasteiger partial charge in [0.2, 0.25) is 0 Å². The van der Waals surface area contributed by atoms with Gasteiger partial charge in [-0.1, -0.05) is 6.07 Å². The van der Waals surface area contributed by atoms with Crippen molar-refractivity contribution < 1.29 is 27.8 Å². The van der Waals surface area contributed by atoms with Gasteiger partial charge in [-0.3, -0.25) is 9.52 Å². The standard InChI is InChI=1S/C21H24N2O6S/c24-17-6-2-9-23(14-17)21(25)15-4-1-5-16(12-15)22-30(26,27)18-7-8-19-20(13-18)29-11-3-10-28-19/h1,4-5,7-8,12-13,17,22,24H,2-3,6,9-11,14H2/t17-/m1/s1. The lowest BCUT2D eigenvalue weighted by atomic mass is 10.1. The van der Waals surface area contributed by atoms with Crippen LogP contribution in [-0.2, 0) is 10.0 Å². The molecule has 0 spiro atoms. The minimum absolute atomic E-state index is 0.0441. The first-order chi connectivity index (χ1) is 14.4. The average Bonchev–Trinajstić information content (AvgIpc) is 2.98. The Labute approximate surface area is 175 Å². The van der Waals surface area contributed by atoms with Crippen LogP contribution >= 0.6 is 0 Å². The number of hydrogen-bond donors (Lipinski definition) is 2. The molecule has 2 N–H and O–H groups in total. The number of benzene rings is 2. The van der Waals surface area contributed by atoms with E-state index in [0.717, 1.165) is 12.8 Å². The van der Waals surface area contributed by atoms with Gasteiger partial charge < -0.3 is 19.5 Å². The normalized spacial score (nSPS) is 19.1. The number of carbonyl (C=O) groups is 1. The van der Waals surface area contributed by atoms with Gasteiger partial charge in [0.15, 0.2) is 11.5 Å². The number of nitrogens with one attached hydrogen (secondary N) is 1. The van der Waals surface area contributed by atoms with Crippen molar-refractivity contribution in [2.45, 2.75) is 30.3 Å². The molecule has 9 heteroatoms. The second kappa shape index (κ2) is 8.53. The summed E-state index contributed by atoms with van der Waals surface area (Å²) >= 11 is 0. The first kappa shape index (κ1) is 20.5. The predicted octanol–water partition coefficient (Wildman–Crippen LogP) is 2.25. The minimum Gasteiger partial charge on any atom is -0.490 e. The third-order valence-corrected chi connectivity index (χ3v) is 6.45. The molecular formula is C21H24N2O6S. The highest BCUT2D eigenvalue weighted by Gasteiger charge is 2.24. The number of nitrogens with zero attached hydrogens (tertiary/aromatic N) is 1. The van der Waals surface area contributed by atoms with E-state index in [1.807, 2.05) is 0 Å². The molecule has 4 rings (SSSR count). The maximum absolute atomic E-state index is 12.9. The summed E-state index contributed by atoms with van der Waals surface area (Å²) in [7, 11) is -3.89. The van der Waals surface area contributed by atoms with Crippen molar-refractivity contribution in [3.63, 3.8) is 0 Å². The number of sulfonamides is 1. The molecule has 160 valence electrons. The Hall–Kier alpha value is -2.78. The molecule has 30 heavy (non-hydrogen) atoms. The number of likely N-dealkylation sites (tertiary alicyclic amines) is 1. The summed E-state index contributed by atoms with van der Waals surface area (Å²) in [5.41, 5.74) is 0.647. The van der Waals surface area contributed by atoms with Gasteiger partial charge in [0, 0.05) is 36.8 Å². The van der Waals surface area contributed by atoms with E-state index in [-0.39, 0.29) is 23.0 Å². The quantitative estimate of drug-likeness (QED) is 0.768. The molecule has 0 radical (unpaired) electrons. The van der Waals surface area contributed by atoms with Gasteiger partial charge in [-0.05, 0) is 43.2 Å². The number of hydrogen-bond acceptors (Lipinski definition) is 6. The van der Waals surface area contributed by atoms with E-state index in [1.54, 1.807) is 29.2 Å². The van der Waals surface area contributed by atoms with Gasteiger partial charge in [-0.2, -0.15) is 0 Å². The van der Waals surface area contributed by atoms with Crippen LogP contribution in [0.5, 0.6) is 11.5 Å². The second-order valence-corrected chi connectivity index (χ2v) is 9.07. The van der Waals surface area contributed by atoms with E-state index in [9.17, 15) is 18.3 Å². The Bertz CT molecular complexity index is 1040. The molecule has 1 atom stereocenters. The summed E-state index contributed by atoms with van der Waals surface area (Å²) in [6, 6.07) is 10.8. The largest absolute Gasteiger partial charge is 0.490 e. The zero-order chi connectivity index (χ0) is 21.1. The topological polar surface area (TPSA) is 105 Å². The number of β-amino-alcohol motifs (C(OH)–C–C–N with tert-alkyl or cyclic N) is 1. The Kier molecular flexibility index (Phi) is 5.83. The molecule has 0 aromatic heterocycles. The van der Waals surface area contributed by atoms with E-state index < -0.39 is 16.1 Å². The molecule has 2 aromatic rings. The van der Waals surface area contributed by atoms with Crippen LogP contribution < -0.4 is 14.2 Å². The van der Waals surface area contributed by atoms with Crippen LogP contribution in [-0.4, -0.2) is 56.7 Å². The maximum atomic E-state index is 12.9. The molecule has 2 aliphatic heterocycles. The van der Waals surface area contributed by atoms with E-state index in [2.05, 4.69) is 4.72 Å². The Morgan fingerprint density at radius 3 is 2.67 bits per heavy atom. The van der Waals surface area contributed by atoms with Gasteiger partial charge in [-0.25, -0.2) is 8.42 Å². The van der Waals surface area contributed by atoms with Crippen LogP contribution in [0.3, 0.4) is 0 Å². The van der Waals surface area contributed by atoms with E-state index >= 15 is 0 Å². The van der Waals surface area contributed by atoms with E-state index in [0.29, 0.717) is 43.2 Å². The number of carbonyl (C=O) groups excluding carboxylic acids is 1. The lowest BCUT2D eigenvalue weighted by Gasteiger charge is -2.30. The van der Waals surface area contributed by atoms with Crippen LogP contribution in [0.4, 0.5) is 5.69 Å². The van der Waals surface area contributed by atoms with Crippen LogP contribution in [0, 0.1) is 0 Å². The lowest BCUT2D eigenvalue weighted by molar-refractivity contribution is 0.0474. The van der Waals surface area contributed by atoms with Crippen molar-refractivity contribution in [2.75, 3.05) is 31.0 Å². The van der Waals surface area contributed by atoms with Gasteiger partial charge in [-0.15, -0.1) is 0 Å². The molecular weight excluding hydrogens is 408 g/mol. The SMILES string of the molecule is O=C(c1cccc(NS(=O)(=O)c2ccc3c(c2)OCCCO3)c1)N1CCC[C@@H](O)C1. The molecule has 2 aliphatic rings. The molecule has 1 saturated heterocycles. The number of aliphatic hydroxyl groups excluding tert-OH is 1. The minimum atomic E-state index is -3.89. The average molecular weight is 432 g/mol. The van der Waals surface area contributed by atoms with Crippen LogP contribution in [0.2, 0.25) is 0 Å². The zero-order valence-corrected chi connectivity index (χ0v) is 17.2. The van der Waals surface area contributed by atoms with Gasteiger partial charge >= 0.3 is 0 Å². The van der Waals surface area contributed by atoms with E-state index in [1.165, 1.54) is 18.2 Å². The second-order valence-electron chi connectivity index (χ2n) is 7.39. The van der Waals surface area contributed by atoms with Crippen molar-refractivity contribution in [3.8, 4) is 11.5 Å². The molecule has 0 unspecified atom stereocenters. The lowest BCUT2D eigenvalue weighted by Crippen LogP contribution is -2.42. The molecule has 1 fully saturated rings. The monoisotopic (exact) mass is 432 g/mol. The number of amides is 1. The highest BCUT2D eigenvalue weighted by molar-refractivity contribution is 7.92. The molecule has 2 heterocycles. The van der Waals surface area contributed by atoms with Crippen molar-refractivity contribution in [1.29, 1.82) is 0 Å². The van der Waals surface area contributed by atoms with Gasteiger partial charge in [0.05, 0.1) is 24.2 Å². The zero-order valence-electron chi connectivity index (χ0n) is 16.4. The highest BCUT2D eigenvalue weighted by Crippen LogP contribution is 2.32. The summed E-state index contributed by atoms with van der Waals surface area (Å²) < 4.78 is 39.4. The van der Waals surface area contributed by atoms with Gasteiger partial charge in [0.25, 0.3) is 15.9 Å². The first-order valence-electron chi connectivity index (χ1n) is 9.92. The summed E-state index contributed by atoms with van der Waals surface area (Å²) in [6.45, 7) is 1.83. The summed E-state index contributed by atoms with van der Waals surface area (Å²) in [5, 5.41) is 9.81. The summed E-state index contributed by atoms with van der Waals surface area (Å²) in [4.78, 5) is 14.4. The number of piperidine rings is 1. The van der Waals surface area contributed by atoms with Crippen LogP contribution in [0.1, 0.15) is 29.6 Å².